The lowest BCUT2D eigenvalue weighted by atomic mass is 10.3. The first kappa shape index (κ1) is 13.3. The molecule has 0 radical (unpaired) electrons. The normalized spacial score (nSPS) is 17.9. The molecule has 0 bridgehead atoms. The molecule has 1 aromatic carbocycles. The molecule has 18 heavy (non-hydrogen) atoms. The molecule has 2 rings (SSSR count). The highest BCUT2D eigenvalue weighted by Gasteiger charge is 2.15. The van der Waals surface area contributed by atoms with Crippen molar-refractivity contribution in [1.29, 1.82) is 0 Å². The van der Waals surface area contributed by atoms with E-state index in [9.17, 15) is 4.39 Å². The summed E-state index contributed by atoms with van der Waals surface area (Å²) in [6.45, 7) is 9.13. The molecule has 0 aliphatic carbocycles. The number of halogens is 1. The number of hydrogen-bond acceptors (Lipinski definition) is 3. The van der Waals surface area contributed by atoms with Crippen molar-refractivity contribution >= 4 is 0 Å². The van der Waals surface area contributed by atoms with E-state index in [0.29, 0.717) is 12.4 Å². The monoisotopic (exact) mass is 252 g/mol. The average molecular weight is 252 g/mol. The lowest BCUT2D eigenvalue weighted by molar-refractivity contribution is 0.120. The SMILES string of the molecule is CCN1CCN(CCOc2ccccc2F)CC1. The van der Waals surface area contributed by atoms with E-state index >= 15 is 0 Å². The average Bonchev–Trinajstić information content (AvgIpc) is 2.42. The highest BCUT2D eigenvalue weighted by molar-refractivity contribution is 5.23. The first-order valence-corrected chi connectivity index (χ1v) is 6.61. The van der Waals surface area contributed by atoms with Crippen molar-refractivity contribution in [3.05, 3.63) is 30.1 Å². The molecule has 1 aliphatic rings. The molecule has 0 amide bonds. The van der Waals surface area contributed by atoms with Crippen LogP contribution in [-0.2, 0) is 0 Å². The summed E-state index contributed by atoms with van der Waals surface area (Å²) in [6.07, 6.45) is 0. The summed E-state index contributed by atoms with van der Waals surface area (Å²) >= 11 is 0. The highest BCUT2D eigenvalue weighted by Crippen LogP contribution is 2.15. The molecule has 1 saturated heterocycles. The van der Waals surface area contributed by atoms with Gasteiger partial charge in [0.2, 0.25) is 0 Å². The summed E-state index contributed by atoms with van der Waals surface area (Å²) in [6, 6.07) is 6.56. The lowest BCUT2D eigenvalue weighted by Crippen LogP contribution is -2.47. The van der Waals surface area contributed by atoms with E-state index in [-0.39, 0.29) is 5.82 Å². The zero-order valence-corrected chi connectivity index (χ0v) is 10.9. The Morgan fingerprint density at radius 3 is 2.44 bits per heavy atom. The first-order valence-electron chi connectivity index (χ1n) is 6.61. The van der Waals surface area contributed by atoms with Gasteiger partial charge in [0.1, 0.15) is 6.61 Å². The number of piperazine rings is 1. The molecule has 1 aromatic rings. The van der Waals surface area contributed by atoms with Crippen LogP contribution in [0.15, 0.2) is 24.3 Å². The Labute approximate surface area is 108 Å². The predicted octanol–water partition coefficient (Wildman–Crippen LogP) is 1.84. The van der Waals surface area contributed by atoms with Crippen molar-refractivity contribution in [1.82, 2.24) is 9.80 Å². The van der Waals surface area contributed by atoms with E-state index in [1.54, 1.807) is 18.2 Å². The van der Waals surface area contributed by atoms with Gasteiger partial charge in [0, 0.05) is 32.7 Å². The van der Waals surface area contributed by atoms with Crippen LogP contribution in [0, 0.1) is 5.82 Å². The van der Waals surface area contributed by atoms with Gasteiger partial charge in [-0.3, -0.25) is 4.90 Å². The number of ether oxygens (including phenoxy) is 1. The van der Waals surface area contributed by atoms with Gasteiger partial charge in [0.15, 0.2) is 11.6 Å². The van der Waals surface area contributed by atoms with E-state index in [1.165, 1.54) is 6.07 Å². The van der Waals surface area contributed by atoms with Crippen molar-refractivity contribution in [3.63, 3.8) is 0 Å². The standard InChI is InChI=1S/C14H21FN2O/c1-2-16-7-9-17(10-8-16)11-12-18-14-6-4-3-5-13(14)15/h3-6H,2,7-12H2,1H3. The smallest absolute Gasteiger partial charge is 0.165 e. The summed E-state index contributed by atoms with van der Waals surface area (Å²) in [5.74, 6) is 0.0676. The van der Waals surface area contributed by atoms with Crippen LogP contribution >= 0.6 is 0 Å². The van der Waals surface area contributed by atoms with Crippen LogP contribution in [0.5, 0.6) is 5.75 Å². The zero-order chi connectivity index (χ0) is 12.8. The summed E-state index contributed by atoms with van der Waals surface area (Å²) in [5, 5.41) is 0. The number of hydrogen-bond donors (Lipinski definition) is 0. The minimum Gasteiger partial charge on any atom is -0.489 e. The lowest BCUT2D eigenvalue weighted by Gasteiger charge is -2.33. The molecule has 0 saturated carbocycles. The third kappa shape index (κ3) is 3.68. The van der Waals surface area contributed by atoms with Gasteiger partial charge in [-0.2, -0.15) is 0 Å². The van der Waals surface area contributed by atoms with E-state index in [1.807, 2.05) is 0 Å². The van der Waals surface area contributed by atoms with Gasteiger partial charge in [-0.1, -0.05) is 19.1 Å². The molecule has 0 unspecified atom stereocenters. The van der Waals surface area contributed by atoms with Crippen molar-refractivity contribution in [2.75, 3.05) is 45.9 Å². The van der Waals surface area contributed by atoms with E-state index < -0.39 is 0 Å². The van der Waals surface area contributed by atoms with Gasteiger partial charge < -0.3 is 9.64 Å². The predicted molar refractivity (Wildman–Crippen MR) is 70.4 cm³/mol. The second-order valence-electron chi connectivity index (χ2n) is 4.55. The van der Waals surface area contributed by atoms with Crippen molar-refractivity contribution < 1.29 is 9.13 Å². The maximum absolute atomic E-state index is 13.3. The van der Waals surface area contributed by atoms with Crippen molar-refractivity contribution in [3.8, 4) is 5.75 Å². The first-order chi connectivity index (χ1) is 8.79. The number of rotatable bonds is 5. The Hall–Kier alpha value is -1.13. The van der Waals surface area contributed by atoms with E-state index in [4.69, 9.17) is 4.74 Å². The minimum atomic E-state index is -0.284. The Bertz CT molecular complexity index is 365. The largest absolute Gasteiger partial charge is 0.489 e. The fourth-order valence-corrected chi connectivity index (χ4v) is 2.18. The molecule has 0 spiro atoms. The zero-order valence-electron chi connectivity index (χ0n) is 10.9. The molecule has 0 N–H and O–H groups in total. The van der Waals surface area contributed by atoms with Crippen LogP contribution in [0.3, 0.4) is 0 Å². The fourth-order valence-electron chi connectivity index (χ4n) is 2.18. The third-order valence-corrected chi connectivity index (χ3v) is 3.41. The Kier molecular flexibility index (Phi) is 4.96. The highest BCUT2D eigenvalue weighted by atomic mass is 19.1. The number of para-hydroxylation sites is 1. The topological polar surface area (TPSA) is 15.7 Å². The maximum Gasteiger partial charge on any atom is 0.165 e. The molecule has 4 heteroatoms. The van der Waals surface area contributed by atoms with Crippen LogP contribution in [0.4, 0.5) is 4.39 Å². The molecule has 0 aromatic heterocycles. The van der Waals surface area contributed by atoms with E-state index in [2.05, 4.69) is 16.7 Å². The van der Waals surface area contributed by atoms with Crippen molar-refractivity contribution in [2.45, 2.75) is 6.92 Å². The van der Waals surface area contributed by atoms with Gasteiger partial charge in [-0.15, -0.1) is 0 Å². The van der Waals surface area contributed by atoms with Gasteiger partial charge in [0.05, 0.1) is 0 Å². The fraction of sp³-hybridized carbons (Fsp3) is 0.571. The molecule has 1 fully saturated rings. The molecular formula is C14H21FN2O. The summed E-state index contributed by atoms with van der Waals surface area (Å²) < 4.78 is 18.8. The number of likely N-dealkylation sites (N-methyl/N-ethyl adjacent to an activating group) is 1. The van der Waals surface area contributed by atoms with Gasteiger partial charge in [0.25, 0.3) is 0 Å². The van der Waals surface area contributed by atoms with Crippen LogP contribution in [0.1, 0.15) is 6.92 Å². The molecular weight excluding hydrogens is 231 g/mol. The van der Waals surface area contributed by atoms with Crippen LogP contribution in [0.2, 0.25) is 0 Å². The van der Waals surface area contributed by atoms with Gasteiger partial charge >= 0.3 is 0 Å². The second-order valence-corrected chi connectivity index (χ2v) is 4.55. The quantitative estimate of drug-likeness (QED) is 0.795. The Morgan fingerprint density at radius 1 is 1.11 bits per heavy atom. The Morgan fingerprint density at radius 2 is 1.78 bits per heavy atom. The molecule has 100 valence electrons. The summed E-state index contributed by atoms with van der Waals surface area (Å²) in [4.78, 5) is 4.81. The number of nitrogens with zero attached hydrogens (tertiary/aromatic N) is 2. The summed E-state index contributed by atoms with van der Waals surface area (Å²) in [7, 11) is 0. The molecule has 3 nitrogen and oxygen atoms in total. The third-order valence-electron chi connectivity index (χ3n) is 3.41. The molecule has 1 heterocycles. The molecule has 1 aliphatic heterocycles. The molecule has 0 atom stereocenters. The Balaban J connectivity index is 1.69. The van der Waals surface area contributed by atoms with E-state index in [0.717, 1.165) is 39.3 Å². The maximum atomic E-state index is 13.3. The summed E-state index contributed by atoms with van der Waals surface area (Å²) in [5.41, 5.74) is 0. The number of benzene rings is 1. The van der Waals surface area contributed by atoms with Crippen LogP contribution in [0.25, 0.3) is 0 Å². The second kappa shape index (κ2) is 6.71. The van der Waals surface area contributed by atoms with Crippen LogP contribution in [-0.4, -0.2) is 55.7 Å². The van der Waals surface area contributed by atoms with Gasteiger partial charge in [-0.05, 0) is 18.7 Å². The van der Waals surface area contributed by atoms with Crippen molar-refractivity contribution in [2.24, 2.45) is 0 Å². The van der Waals surface area contributed by atoms with Crippen LogP contribution < -0.4 is 4.74 Å². The minimum absolute atomic E-state index is 0.284. The van der Waals surface area contributed by atoms with Gasteiger partial charge in [-0.25, -0.2) is 4.39 Å².